The quantitative estimate of drug-likeness (QED) is 0.763. The van der Waals surface area contributed by atoms with Gasteiger partial charge in [-0.15, -0.1) is 0 Å². The number of carbonyl (C=O) groups is 1. The lowest BCUT2D eigenvalue weighted by Gasteiger charge is -2.26. The molecule has 1 atom stereocenters. The zero-order chi connectivity index (χ0) is 16.1. The van der Waals surface area contributed by atoms with Crippen molar-refractivity contribution in [1.82, 2.24) is 0 Å². The molecule has 0 radical (unpaired) electrons. The van der Waals surface area contributed by atoms with Gasteiger partial charge < -0.3 is 10.1 Å². The number of hydrogen-bond acceptors (Lipinski definition) is 3. The molecule has 0 amide bonds. The molecule has 0 bridgehead atoms. The van der Waals surface area contributed by atoms with Gasteiger partial charge in [0, 0.05) is 17.7 Å². The number of fused-ring (bicyclic) bond motifs is 1. The standard InChI is InChI=1S/C20H23NO2/c1-2-3-6-13-23-16-11-9-15(10-12-16)19-14-20(22)17-7-4-5-8-18(17)21-19/h4-5,7-12,19,21H,2-3,6,13-14H2,1H3. The summed E-state index contributed by atoms with van der Waals surface area (Å²) in [6.07, 6.45) is 3.98. The molecular weight excluding hydrogens is 286 g/mol. The van der Waals surface area contributed by atoms with Crippen LogP contribution in [0, 0.1) is 0 Å². The summed E-state index contributed by atoms with van der Waals surface area (Å²) in [7, 11) is 0. The predicted octanol–water partition coefficient (Wildman–Crippen LogP) is 5.00. The fourth-order valence-corrected chi connectivity index (χ4v) is 2.93. The molecule has 1 aliphatic rings. The number of nitrogens with one attached hydrogen (secondary N) is 1. The monoisotopic (exact) mass is 309 g/mol. The van der Waals surface area contributed by atoms with Gasteiger partial charge in [-0.05, 0) is 36.2 Å². The molecule has 1 heterocycles. The summed E-state index contributed by atoms with van der Waals surface area (Å²) in [4.78, 5) is 12.3. The minimum atomic E-state index is 0.0338. The normalized spacial score (nSPS) is 16.6. The van der Waals surface area contributed by atoms with Crippen molar-refractivity contribution in [3.63, 3.8) is 0 Å². The van der Waals surface area contributed by atoms with E-state index in [-0.39, 0.29) is 11.8 Å². The van der Waals surface area contributed by atoms with Gasteiger partial charge in [0.1, 0.15) is 5.75 Å². The molecule has 3 heteroatoms. The van der Waals surface area contributed by atoms with Gasteiger partial charge in [0.2, 0.25) is 0 Å². The molecule has 1 aliphatic heterocycles. The minimum absolute atomic E-state index is 0.0338. The van der Waals surface area contributed by atoms with E-state index in [1.165, 1.54) is 12.8 Å². The number of Topliss-reactive ketones (excluding diaryl/α,β-unsaturated/α-hetero) is 1. The molecule has 2 aromatic carbocycles. The highest BCUT2D eigenvalue weighted by Crippen LogP contribution is 2.32. The second-order valence-corrected chi connectivity index (χ2v) is 5.99. The van der Waals surface area contributed by atoms with Crippen LogP contribution in [0.15, 0.2) is 48.5 Å². The van der Waals surface area contributed by atoms with Gasteiger partial charge in [-0.25, -0.2) is 0 Å². The van der Waals surface area contributed by atoms with Crippen molar-refractivity contribution in [3.05, 3.63) is 59.7 Å². The Morgan fingerprint density at radius 3 is 2.65 bits per heavy atom. The Hall–Kier alpha value is -2.29. The molecule has 0 spiro atoms. The zero-order valence-electron chi connectivity index (χ0n) is 13.5. The van der Waals surface area contributed by atoms with Crippen molar-refractivity contribution in [3.8, 4) is 5.75 Å². The summed E-state index contributed by atoms with van der Waals surface area (Å²) in [5, 5.41) is 3.46. The van der Waals surface area contributed by atoms with E-state index in [9.17, 15) is 4.79 Å². The number of anilines is 1. The van der Waals surface area contributed by atoms with Gasteiger partial charge in [0.05, 0.1) is 12.6 Å². The molecular formula is C20H23NO2. The van der Waals surface area contributed by atoms with Gasteiger partial charge in [0.25, 0.3) is 0 Å². The topological polar surface area (TPSA) is 38.3 Å². The van der Waals surface area contributed by atoms with E-state index in [1.807, 2.05) is 48.5 Å². The minimum Gasteiger partial charge on any atom is -0.494 e. The van der Waals surface area contributed by atoms with Gasteiger partial charge >= 0.3 is 0 Å². The lowest BCUT2D eigenvalue weighted by molar-refractivity contribution is 0.0972. The van der Waals surface area contributed by atoms with Gasteiger partial charge in [-0.2, -0.15) is 0 Å². The highest BCUT2D eigenvalue weighted by molar-refractivity contribution is 6.03. The predicted molar refractivity (Wildman–Crippen MR) is 93.2 cm³/mol. The summed E-state index contributed by atoms with van der Waals surface area (Å²) in [6, 6.07) is 15.8. The lowest BCUT2D eigenvalue weighted by Crippen LogP contribution is -2.22. The number of carbonyl (C=O) groups excluding carboxylic acids is 1. The smallest absolute Gasteiger partial charge is 0.167 e. The summed E-state index contributed by atoms with van der Waals surface area (Å²) in [5.74, 6) is 1.09. The Balaban J connectivity index is 1.65. The van der Waals surface area contributed by atoms with Crippen LogP contribution in [0.5, 0.6) is 5.75 Å². The number of unbranched alkanes of at least 4 members (excludes halogenated alkanes) is 2. The molecule has 2 aromatic rings. The molecule has 120 valence electrons. The molecule has 0 aliphatic carbocycles. The molecule has 0 saturated carbocycles. The highest BCUT2D eigenvalue weighted by atomic mass is 16.5. The largest absolute Gasteiger partial charge is 0.494 e. The zero-order valence-corrected chi connectivity index (χ0v) is 13.5. The third-order valence-electron chi connectivity index (χ3n) is 4.25. The first-order chi connectivity index (χ1) is 11.3. The summed E-state index contributed by atoms with van der Waals surface area (Å²) < 4.78 is 5.74. The average Bonchev–Trinajstić information content (AvgIpc) is 2.59. The van der Waals surface area contributed by atoms with Crippen molar-refractivity contribution >= 4 is 11.5 Å². The maximum atomic E-state index is 12.3. The van der Waals surface area contributed by atoms with E-state index >= 15 is 0 Å². The molecule has 0 fully saturated rings. The van der Waals surface area contributed by atoms with E-state index in [0.29, 0.717) is 6.42 Å². The van der Waals surface area contributed by atoms with Crippen LogP contribution in [-0.2, 0) is 0 Å². The van der Waals surface area contributed by atoms with Crippen molar-refractivity contribution in [2.24, 2.45) is 0 Å². The van der Waals surface area contributed by atoms with E-state index in [4.69, 9.17) is 4.74 Å². The molecule has 1 N–H and O–H groups in total. The molecule has 3 rings (SSSR count). The number of ether oxygens (including phenoxy) is 1. The molecule has 23 heavy (non-hydrogen) atoms. The number of rotatable bonds is 6. The van der Waals surface area contributed by atoms with E-state index in [1.54, 1.807) is 0 Å². The van der Waals surface area contributed by atoms with Gasteiger partial charge in [-0.3, -0.25) is 4.79 Å². The fraction of sp³-hybridized carbons (Fsp3) is 0.350. The van der Waals surface area contributed by atoms with E-state index < -0.39 is 0 Å². The van der Waals surface area contributed by atoms with Gasteiger partial charge in [0.15, 0.2) is 5.78 Å². The average molecular weight is 309 g/mol. The molecule has 3 nitrogen and oxygen atoms in total. The van der Waals surface area contributed by atoms with Crippen LogP contribution in [0.4, 0.5) is 5.69 Å². The molecule has 1 unspecified atom stereocenters. The van der Waals surface area contributed by atoms with Gasteiger partial charge in [-0.1, -0.05) is 44.0 Å². The third kappa shape index (κ3) is 3.73. The summed E-state index contributed by atoms with van der Waals surface area (Å²) >= 11 is 0. The first-order valence-electron chi connectivity index (χ1n) is 8.39. The Bertz CT molecular complexity index is 664. The lowest BCUT2D eigenvalue weighted by atomic mass is 9.92. The summed E-state index contributed by atoms with van der Waals surface area (Å²) in [5.41, 5.74) is 2.84. The van der Waals surface area contributed by atoms with Crippen molar-refractivity contribution in [1.29, 1.82) is 0 Å². The Kier molecular flexibility index (Phi) is 4.96. The number of hydrogen-bond donors (Lipinski definition) is 1. The van der Waals surface area contributed by atoms with Crippen molar-refractivity contribution in [2.75, 3.05) is 11.9 Å². The van der Waals surface area contributed by atoms with Crippen molar-refractivity contribution < 1.29 is 9.53 Å². The first-order valence-corrected chi connectivity index (χ1v) is 8.39. The van der Waals surface area contributed by atoms with Crippen molar-refractivity contribution in [2.45, 2.75) is 38.6 Å². The van der Waals surface area contributed by atoms with Crippen LogP contribution in [0.3, 0.4) is 0 Å². The SMILES string of the molecule is CCCCCOc1ccc(C2CC(=O)c3ccccc3N2)cc1. The number of benzene rings is 2. The second kappa shape index (κ2) is 7.32. The number of para-hydroxylation sites is 1. The number of ketones is 1. The van der Waals surface area contributed by atoms with Crippen LogP contribution in [-0.4, -0.2) is 12.4 Å². The first kappa shape index (κ1) is 15.6. The highest BCUT2D eigenvalue weighted by Gasteiger charge is 2.24. The van der Waals surface area contributed by atoms with Crippen LogP contribution >= 0.6 is 0 Å². The molecule has 0 aromatic heterocycles. The van der Waals surface area contributed by atoms with Crippen LogP contribution < -0.4 is 10.1 Å². The van der Waals surface area contributed by atoms with E-state index in [0.717, 1.165) is 35.6 Å². The van der Waals surface area contributed by atoms with E-state index in [2.05, 4.69) is 12.2 Å². The maximum absolute atomic E-state index is 12.3. The van der Waals surface area contributed by atoms with Crippen LogP contribution in [0.25, 0.3) is 0 Å². The third-order valence-corrected chi connectivity index (χ3v) is 4.25. The Labute approximate surface area is 137 Å². The Morgan fingerprint density at radius 2 is 1.87 bits per heavy atom. The summed E-state index contributed by atoms with van der Waals surface area (Å²) in [6.45, 7) is 2.95. The fourth-order valence-electron chi connectivity index (χ4n) is 2.93. The maximum Gasteiger partial charge on any atom is 0.167 e. The van der Waals surface area contributed by atoms with Crippen LogP contribution in [0.2, 0.25) is 0 Å². The molecule has 0 saturated heterocycles. The van der Waals surface area contributed by atoms with Crippen LogP contribution in [0.1, 0.15) is 54.6 Å². The second-order valence-electron chi connectivity index (χ2n) is 5.99. The Morgan fingerprint density at radius 1 is 1.09 bits per heavy atom.